The molecule has 0 fully saturated rings. The van der Waals surface area contributed by atoms with Gasteiger partial charge in [-0.05, 0) is 18.6 Å². The fourth-order valence-corrected chi connectivity index (χ4v) is 0.985. The molecule has 0 saturated carbocycles. The third-order valence-electron chi connectivity index (χ3n) is 1.60. The average Bonchev–Trinajstić information content (AvgIpc) is 2.10. The summed E-state index contributed by atoms with van der Waals surface area (Å²) < 4.78 is 25.8. The van der Waals surface area contributed by atoms with Crippen LogP contribution in [0.5, 0.6) is 0 Å². The van der Waals surface area contributed by atoms with Crippen LogP contribution in [0.15, 0.2) is 23.2 Å². The van der Waals surface area contributed by atoms with Crippen LogP contribution in [-0.4, -0.2) is 12.6 Å². The van der Waals surface area contributed by atoms with Crippen LogP contribution in [0.3, 0.4) is 0 Å². The van der Waals surface area contributed by atoms with Crippen LogP contribution in [0.25, 0.3) is 0 Å². The van der Waals surface area contributed by atoms with E-state index in [4.69, 9.17) is 0 Å². The third-order valence-corrected chi connectivity index (χ3v) is 1.60. The fraction of sp³-hybridized carbons (Fsp3) is 0.222. The molecule has 0 saturated heterocycles. The summed E-state index contributed by atoms with van der Waals surface area (Å²) in [6, 6.07) is 3.63. The highest BCUT2D eigenvalue weighted by Crippen LogP contribution is 2.12. The van der Waals surface area contributed by atoms with Gasteiger partial charge in [0.1, 0.15) is 11.6 Å². The molecular formula is C9H7F2NO. The number of halogens is 2. The van der Waals surface area contributed by atoms with Gasteiger partial charge in [0, 0.05) is 5.56 Å². The first-order chi connectivity index (χ1) is 6.25. The van der Waals surface area contributed by atoms with E-state index in [1.54, 1.807) is 0 Å². The first-order valence-corrected chi connectivity index (χ1v) is 3.72. The lowest BCUT2D eigenvalue weighted by Gasteiger charge is -2.00. The van der Waals surface area contributed by atoms with Crippen molar-refractivity contribution in [2.24, 2.45) is 4.99 Å². The summed E-state index contributed by atoms with van der Waals surface area (Å²) >= 11 is 0. The Morgan fingerprint density at radius 3 is 2.46 bits per heavy atom. The van der Waals surface area contributed by atoms with Gasteiger partial charge in [-0.3, -0.25) is 0 Å². The van der Waals surface area contributed by atoms with Gasteiger partial charge in [-0.25, -0.2) is 18.6 Å². The van der Waals surface area contributed by atoms with E-state index >= 15 is 0 Å². The number of rotatable bonds is 3. The molecule has 0 aliphatic carbocycles. The Labute approximate surface area is 73.9 Å². The lowest BCUT2D eigenvalue weighted by molar-refractivity contribution is 0.551. The number of aliphatic imine (C=N–C) groups is 1. The molecule has 1 rings (SSSR count). The maximum atomic E-state index is 12.9. The number of hydrogen-bond acceptors (Lipinski definition) is 2. The molecule has 0 aliphatic heterocycles. The van der Waals surface area contributed by atoms with Gasteiger partial charge in [-0.2, -0.15) is 0 Å². The molecule has 1 aromatic rings. The van der Waals surface area contributed by atoms with E-state index < -0.39 is 11.6 Å². The smallest absolute Gasteiger partial charge is 0.211 e. The SMILES string of the molecule is O=C=NCCc1c(F)cccc1F. The lowest BCUT2D eigenvalue weighted by atomic mass is 10.1. The molecular weight excluding hydrogens is 176 g/mol. The lowest BCUT2D eigenvalue weighted by Crippen LogP contribution is -1.97. The predicted octanol–water partition coefficient (Wildman–Crippen LogP) is 1.84. The van der Waals surface area contributed by atoms with Gasteiger partial charge in [-0.15, -0.1) is 0 Å². The predicted molar refractivity (Wildman–Crippen MR) is 43.1 cm³/mol. The van der Waals surface area contributed by atoms with E-state index in [-0.39, 0.29) is 18.5 Å². The topological polar surface area (TPSA) is 29.4 Å². The quantitative estimate of drug-likeness (QED) is 0.519. The van der Waals surface area contributed by atoms with Gasteiger partial charge >= 0.3 is 0 Å². The summed E-state index contributed by atoms with van der Waals surface area (Å²) in [5.74, 6) is -1.22. The molecule has 2 nitrogen and oxygen atoms in total. The normalized spacial score (nSPS) is 9.38. The van der Waals surface area contributed by atoms with Crippen LogP contribution in [0, 0.1) is 11.6 Å². The van der Waals surface area contributed by atoms with Crippen LogP contribution < -0.4 is 0 Å². The molecule has 0 unspecified atom stereocenters. The third kappa shape index (κ3) is 2.46. The Hall–Kier alpha value is -1.54. The van der Waals surface area contributed by atoms with Gasteiger partial charge in [0.2, 0.25) is 6.08 Å². The molecule has 0 spiro atoms. The summed E-state index contributed by atoms with van der Waals surface area (Å²) in [5, 5.41) is 0. The fourth-order valence-electron chi connectivity index (χ4n) is 0.985. The van der Waals surface area contributed by atoms with Gasteiger partial charge in [0.05, 0.1) is 6.54 Å². The molecule has 0 atom stereocenters. The minimum Gasteiger partial charge on any atom is -0.211 e. The standard InChI is InChI=1S/C9H7F2NO/c10-8-2-1-3-9(11)7(8)4-5-12-6-13/h1-3H,4-5H2. The molecule has 0 aliphatic rings. The second-order valence-electron chi connectivity index (χ2n) is 2.42. The monoisotopic (exact) mass is 183 g/mol. The Morgan fingerprint density at radius 1 is 1.31 bits per heavy atom. The highest BCUT2D eigenvalue weighted by atomic mass is 19.1. The van der Waals surface area contributed by atoms with Crippen molar-refractivity contribution in [3.05, 3.63) is 35.4 Å². The Bertz CT molecular complexity index is 325. The minimum atomic E-state index is -0.610. The minimum absolute atomic E-state index is 0.0403. The number of carbonyl (C=O) groups excluding carboxylic acids is 1. The van der Waals surface area contributed by atoms with Crippen molar-refractivity contribution >= 4 is 6.08 Å². The van der Waals surface area contributed by atoms with E-state index in [9.17, 15) is 13.6 Å². The average molecular weight is 183 g/mol. The molecule has 4 heteroatoms. The summed E-state index contributed by atoms with van der Waals surface area (Å²) in [6.45, 7) is 0.0569. The van der Waals surface area contributed by atoms with Crippen molar-refractivity contribution in [2.75, 3.05) is 6.54 Å². The van der Waals surface area contributed by atoms with Crippen LogP contribution in [0.4, 0.5) is 8.78 Å². The van der Waals surface area contributed by atoms with E-state index in [1.807, 2.05) is 0 Å². The largest absolute Gasteiger partial charge is 0.234 e. The number of nitrogens with zero attached hydrogens (tertiary/aromatic N) is 1. The van der Waals surface area contributed by atoms with E-state index in [2.05, 4.69) is 4.99 Å². The van der Waals surface area contributed by atoms with E-state index in [0.29, 0.717) is 0 Å². The van der Waals surface area contributed by atoms with Crippen molar-refractivity contribution in [2.45, 2.75) is 6.42 Å². The zero-order chi connectivity index (χ0) is 9.68. The van der Waals surface area contributed by atoms with Gasteiger partial charge < -0.3 is 0 Å². The zero-order valence-electron chi connectivity index (χ0n) is 6.76. The molecule has 0 N–H and O–H groups in total. The molecule has 68 valence electrons. The Balaban J connectivity index is 2.80. The van der Waals surface area contributed by atoms with Gasteiger partial charge in [0.25, 0.3) is 0 Å². The number of benzene rings is 1. The summed E-state index contributed by atoms with van der Waals surface area (Å²) in [7, 11) is 0. The van der Waals surface area contributed by atoms with Crippen molar-refractivity contribution in [1.82, 2.24) is 0 Å². The summed E-state index contributed by atoms with van der Waals surface area (Å²) in [4.78, 5) is 12.9. The number of hydrogen-bond donors (Lipinski definition) is 0. The molecule has 0 heterocycles. The van der Waals surface area contributed by atoms with Crippen LogP contribution in [0.2, 0.25) is 0 Å². The van der Waals surface area contributed by atoms with Crippen molar-refractivity contribution in [3.8, 4) is 0 Å². The van der Waals surface area contributed by atoms with Crippen molar-refractivity contribution in [3.63, 3.8) is 0 Å². The van der Waals surface area contributed by atoms with Gasteiger partial charge in [-0.1, -0.05) is 6.07 Å². The molecule has 0 bridgehead atoms. The van der Waals surface area contributed by atoms with Gasteiger partial charge in [0.15, 0.2) is 0 Å². The summed E-state index contributed by atoms with van der Waals surface area (Å²) in [5.41, 5.74) is -0.0403. The summed E-state index contributed by atoms with van der Waals surface area (Å²) in [6.07, 6.45) is 1.38. The first-order valence-electron chi connectivity index (χ1n) is 3.72. The maximum Gasteiger partial charge on any atom is 0.234 e. The maximum absolute atomic E-state index is 12.9. The van der Waals surface area contributed by atoms with Crippen LogP contribution in [0.1, 0.15) is 5.56 Å². The Morgan fingerprint density at radius 2 is 1.92 bits per heavy atom. The zero-order valence-corrected chi connectivity index (χ0v) is 6.76. The van der Waals surface area contributed by atoms with E-state index in [0.717, 1.165) is 0 Å². The molecule has 0 aromatic heterocycles. The number of isocyanates is 1. The molecule has 0 radical (unpaired) electrons. The second-order valence-corrected chi connectivity index (χ2v) is 2.42. The van der Waals surface area contributed by atoms with Crippen molar-refractivity contribution in [1.29, 1.82) is 0 Å². The highest BCUT2D eigenvalue weighted by molar-refractivity contribution is 5.33. The van der Waals surface area contributed by atoms with Crippen molar-refractivity contribution < 1.29 is 13.6 Å². The molecule has 13 heavy (non-hydrogen) atoms. The van der Waals surface area contributed by atoms with E-state index in [1.165, 1.54) is 24.3 Å². The van der Waals surface area contributed by atoms with Crippen LogP contribution >= 0.6 is 0 Å². The second kappa shape index (κ2) is 4.48. The molecule has 1 aromatic carbocycles. The van der Waals surface area contributed by atoms with Crippen LogP contribution in [-0.2, 0) is 11.2 Å². The molecule has 0 amide bonds. The highest BCUT2D eigenvalue weighted by Gasteiger charge is 2.06. The Kier molecular flexibility index (Phi) is 3.29. The first kappa shape index (κ1) is 9.55.